The molecule has 1 fully saturated rings. The first-order valence-electron chi connectivity index (χ1n) is 19.8. The Labute approximate surface area is 337 Å². The van der Waals surface area contributed by atoms with Crippen LogP contribution in [-0.2, 0) is 36.7 Å². The zero-order valence-corrected chi connectivity index (χ0v) is 37.2. The van der Waals surface area contributed by atoms with Crippen molar-refractivity contribution in [3.8, 4) is 11.3 Å². The Bertz CT molecular complexity index is 2010. The molecule has 1 saturated carbocycles. The van der Waals surface area contributed by atoms with Crippen LogP contribution in [-0.4, -0.2) is 15.9 Å². The fourth-order valence-corrected chi connectivity index (χ4v) is 10.1. The van der Waals surface area contributed by atoms with Crippen molar-refractivity contribution in [3.63, 3.8) is 0 Å². The van der Waals surface area contributed by atoms with Gasteiger partial charge in [0.1, 0.15) is 0 Å². The summed E-state index contributed by atoms with van der Waals surface area (Å²) in [4.78, 5) is 17.2. The molecule has 1 N–H and O–H groups in total. The molecule has 0 bridgehead atoms. The first-order valence-corrected chi connectivity index (χ1v) is 20.6. The third-order valence-electron chi connectivity index (χ3n) is 11.1. The third kappa shape index (κ3) is 10.1. The zero-order valence-electron chi connectivity index (χ0n) is 34.0. The SMILES string of the molecule is CC(C)(C)c1cc(-c2nccc3c2sc2cc(CC4CCCC4)ccc23)[c-]c2ccccc12.CC(C)C(C(=O)/C=C(\O)C(C(C)C)C(C)C)C(C)C.[Ir]. The fourth-order valence-electron chi connectivity index (χ4n) is 8.81. The number of hydrogen-bond donors (Lipinski definition) is 1. The van der Waals surface area contributed by atoms with Crippen LogP contribution in [0.2, 0.25) is 0 Å². The van der Waals surface area contributed by atoms with Crippen LogP contribution in [0.15, 0.2) is 72.6 Å². The largest absolute Gasteiger partial charge is 0.512 e. The predicted molar refractivity (Wildman–Crippen MR) is 225 cm³/mol. The zero-order chi connectivity index (χ0) is 37.9. The average Bonchev–Trinajstić information content (AvgIpc) is 3.70. The Morgan fingerprint density at radius 3 is 2.08 bits per heavy atom. The van der Waals surface area contributed by atoms with E-state index in [0.29, 0.717) is 23.7 Å². The van der Waals surface area contributed by atoms with Crippen molar-refractivity contribution in [2.45, 2.75) is 114 Å². The number of nitrogens with zero attached hydrogens (tertiary/aromatic N) is 1. The summed E-state index contributed by atoms with van der Waals surface area (Å²) in [5, 5.41) is 15.4. The minimum atomic E-state index is -0.0119. The van der Waals surface area contributed by atoms with Crippen molar-refractivity contribution < 1.29 is 30.0 Å². The van der Waals surface area contributed by atoms with Gasteiger partial charge in [-0.2, -0.15) is 0 Å². The quantitative estimate of drug-likeness (QED) is 0.0863. The summed E-state index contributed by atoms with van der Waals surface area (Å²) in [6, 6.07) is 23.9. The van der Waals surface area contributed by atoms with E-state index in [0.717, 1.165) is 17.2 Å². The van der Waals surface area contributed by atoms with Crippen LogP contribution >= 0.6 is 11.3 Å². The van der Waals surface area contributed by atoms with E-state index in [-0.39, 0.29) is 48.9 Å². The monoisotopic (exact) mass is 909 g/mol. The van der Waals surface area contributed by atoms with Gasteiger partial charge in [0.25, 0.3) is 0 Å². The summed E-state index contributed by atoms with van der Waals surface area (Å²) in [7, 11) is 0. The summed E-state index contributed by atoms with van der Waals surface area (Å²) in [6.45, 7) is 23.5. The molecule has 1 aliphatic carbocycles. The van der Waals surface area contributed by atoms with E-state index < -0.39 is 0 Å². The van der Waals surface area contributed by atoms with Crippen molar-refractivity contribution in [1.82, 2.24) is 4.98 Å². The number of allylic oxidation sites excluding steroid dienone is 2. The van der Waals surface area contributed by atoms with Crippen LogP contribution < -0.4 is 0 Å². The Morgan fingerprint density at radius 1 is 0.849 bits per heavy atom. The van der Waals surface area contributed by atoms with Gasteiger partial charge in [-0.05, 0) is 69.9 Å². The second kappa shape index (κ2) is 18.2. The number of hydrogen-bond acceptors (Lipinski definition) is 4. The van der Waals surface area contributed by atoms with Gasteiger partial charge in [-0.3, -0.25) is 9.78 Å². The molecule has 0 amide bonds. The van der Waals surface area contributed by atoms with E-state index in [1.807, 2.05) is 17.5 Å². The molecule has 0 aliphatic heterocycles. The smallest absolute Gasteiger partial charge is 0.162 e. The van der Waals surface area contributed by atoms with Crippen LogP contribution in [0, 0.1) is 47.5 Å². The second-order valence-electron chi connectivity index (χ2n) is 17.7. The van der Waals surface area contributed by atoms with Crippen LogP contribution in [0.25, 0.3) is 42.2 Å². The summed E-state index contributed by atoms with van der Waals surface area (Å²) in [5.41, 5.74) is 5.05. The molecule has 1 aliphatic rings. The number of benzene rings is 3. The fraction of sp³-hybridized carbons (Fsp3) is 0.500. The van der Waals surface area contributed by atoms with Crippen molar-refractivity contribution in [2.24, 2.45) is 41.4 Å². The molecule has 3 aromatic carbocycles. The molecule has 5 heteroatoms. The van der Waals surface area contributed by atoms with Gasteiger partial charge in [0.15, 0.2) is 5.78 Å². The first-order chi connectivity index (χ1) is 24.6. The maximum Gasteiger partial charge on any atom is 0.162 e. The Balaban J connectivity index is 0.000000272. The molecule has 0 atom stereocenters. The van der Waals surface area contributed by atoms with Gasteiger partial charge >= 0.3 is 0 Å². The van der Waals surface area contributed by atoms with E-state index in [4.69, 9.17) is 4.98 Å². The summed E-state index contributed by atoms with van der Waals surface area (Å²) >= 11 is 1.89. The molecule has 6 rings (SSSR count). The molecule has 2 heterocycles. The number of pyridine rings is 1. The van der Waals surface area contributed by atoms with Crippen LogP contribution in [0.1, 0.15) is 113 Å². The minimum Gasteiger partial charge on any atom is -0.512 e. The van der Waals surface area contributed by atoms with Crippen LogP contribution in [0.3, 0.4) is 0 Å². The van der Waals surface area contributed by atoms with E-state index >= 15 is 0 Å². The van der Waals surface area contributed by atoms with Gasteiger partial charge in [-0.15, -0.1) is 40.5 Å². The minimum absolute atomic E-state index is 0. The number of carbonyl (C=O) groups excluding carboxylic acids is 1. The van der Waals surface area contributed by atoms with Gasteiger partial charge in [0, 0.05) is 59.3 Å². The maximum absolute atomic E-state index is 12.3. The van der Waals surface area contributed by atoms with Crippen molar-refractivity contribution in [1.29, 1.82) is 0 Å². The Morgan fingerprint density at radius 2 is 1.47 bits per heavy atom. The summed E-state index contributed by atoms with van der Waals surface area (Å²) < 4.78 is 2.66. The van der Waals surface area contributed by atoms with Crippen molar-refractivity contribution >= 4 is 48.1 Å². The Kier molecular flexibility index (Phi) is 14.7. The van der Waals surface area contributed by atoms with Crippen LogP contribution in [0.5, 0.6) is 0 Å². The Hall–Kier alpha value is -2.85. The average molecular weight is 909 g/mol. The molecule has 0 spiro atoms. The van der Waals surface area contributed by atoms with Gasteiger partial charge in [0.05, 0.1) is 5.76 Å². The number of aromatic nitrogens is 1. The number of carbonyl (C=O) groups is 1. The molecule has 1 radical (unpaired) electrons. The molecule has 5 aromatic rings. The second-order valence-corrected chi connectivity index (χ2v) is 18.8. The van der Waals surface area contributed by atoms with Crippen LogP contribution in [0.4, 0.5) is 0 Å². The number of thiophene rings is 1. The molecule has 2 aromatic heterocycles. The molecule has 0 unspecified atom stereocenters. The van der Waals surface area contributed by atoms with E-state index in [1.54, 1.807) is 0 Å². The molecular formula is C48H62IrNO2S-. The molecular weight excluding hydrogens is 847 g/mol. The number of ketones is 1. The first kappa shape index (κ1) is 42.9. The molecule has 3 nitrogen and oxygen atoms in total. The predicted octanol–water partition coefficient (Wildman–Crippen LogP) is 14.0. The number of aliphatic hydroxyl groups is 1. The number of aliphatic hydroxyl groups excluding tert-OH is 1. The number of rotatable bonds is 10. The molecule has 287 valence electrons. The van der Waals surface area contributed by atoms with Gasteiger partial charge in [-0.1, -0.05) is 143 Å². The normalized spacial score (nSPS) is 14.4. The van der Waals surface area contributed by atoms with Crippen molar-refractivity contribution in [2.75, 3.05) is 0 Å². The maximum atomic E-state index is 12.3. The van der Waals surface area contributed by atoms with E-state index in [9.17, 15) is 9.90 Å². The summed E-state index contributed by atoms with van der Waals surface area (Å²) in [5.74, 6) is 2.50. The summed E-state index contributed by atoms with van der Waals surface area (Å²) in [6.07, 6.45) is 10.3. The van der Waals surface area contributed by atoms with E-state index in [1.165, 1.54) is 80.3 Å². The van der Waals surface area contributed by atoms with Gasteiger partial charge in [-0.25, -0.2) is 0 Å². The molecule has 53 heavy (non-hydrogen) atoms. The standard InChI is InChI=1S/C31H30NS.C17H32O2.Ir/c1-31(2,3)27-19-23(18-22-10-6-7-11-24(22)27)29-30-26(14-15-32-29)25-13-12-21(17-28(25)33-30)16-20-8-4-5-9-20;1-10(2)16(11(3)4)14(18)9-15(19)17(12(5)6)13(7)8;/h6-7,10-15,17,19-20H,4-5,8-9,16H2,1-3H3;9-13,16-18H,1-8H3;/q-1;;/b;14-9-;. The van der Waals surface area contributed by atoms with Gasteiger partial charge < -0.3 is 5.11 Å². The topological polar surface area (TPSA) is 50.2 Å². The number of fused-ring (bicyclic) bond motifs is 4. The third-order valence-corrected chi connectivity index (χ3v) is 12.3. The van der Waals surface area contributed by atoms with Gasteiger partial charge in [0.2, 0.25) is 0 Å². The van der Waals surface area contributed by atoms with Crippen molar-refractivity contribution in [3.05, 3.63) is 89.8 Å². The van der Waals surface area contributed by atoms with E-state index in [2.05, 4.69) is 137 Å². The molecule has 0 saturated heterocycles.